The first-order valence-electron chi connectivity index (χ1n) is 9.10. The lowest BCUT2D eigenvalue weighted by Crippen LogP contribution is -2.32. The summed E-state index contributed by atoms with van der Waals surface area (Å²) in [5, 5.41) is 1.06. The molecule has 0 amide bonds. The topological polar surface area (TPSA) is 110 Å². The largest absolute Gasteiger partial charge is 0.493 e. The van der Waals surface area contributed by atoms with Crippen LogP contribution in [0, 0.1) is 5.82 Å². The summed E-state index contributed by atoms with van der Waals surface area (Å²) >= 11 is 0. The van der Waals surface area contributed by atoms with E-state index in [0.29, 0.717) is 10.8 Å². The molecule has 3 rings (SSSR count). The van der Waals surface area contributed by atoms with Crippen LogP contribution in [0.1, 0.15) is 11.7 Å². The summed E-state index contributed by atoms with van der Waals surface area (Å²) in [6.07, 6.45) is -6.15. The zero-order chi connectivity index (χ0) is 24.3. The van der Waals surface area contributed by atoms with Gasteiger partial charge in [-0.15, -0.1) is 0 Å². The summed E-state index contributed by atoms with van der Waals surface area (Å²) in [6, 6.07) is 7.62. The Morgan fingerprint density at radius 2 is 1.70 bits per heavy atom. The molecule has 12 heteroatoms. The Hall–Kier alpha value is -4.09. The fourth-order valence-electron chi connectivity index (χ4n) is 2.90. The summed E-state index contributed by atoms with van der Waals surface area (Å²) in [4.78, 5) is 27.6. The SMILES string of the molecule is COc1cc(F)c(C(Oc2ccc3c(N)nccc3c2)C(=O)OC(=O)C(F)(F)F)cc1OC. The second-order valence-corrected chi connectivity index (χ2v) is 6.51. The molecule has 1 heterocycles. The lowest BCUT2D eigenvalue weighted by atomic mass is 10.1. The lowest BCUT2D eigenvalue weighted by molar-refractivity contribution is -0.204. The number of nitrogen functional groups attached to an aromatic ring is 1. The molecule has 0 saturated carbocycles. The van der Waals surface area contributed by atoms with Gasteiger partial charge in [-0.2, -0.15) is 13.2 Å². The smallest absolute Gasteiger partial charge is 0.491 e. The highest BCUT2D eigenvalue weighted by molar-refractivity contribution is 5.93. The highest BCUT2D eigenvalue weighted by Gasteiger charge is 2.44. The van der Waals surface area contributed by atoms with Crippen molar-refractivity contribution in [3.63, 3.8) is 0 Å². The van der Waals surface area contributed by atoms with Crippen molar-refractivity contribution >= 4 is 28.5 Å². The summed E-state index contributed by atoms with van der Waals surface area (Å²) < 4.78 is 72.0. The van der Waals surface area contributed by atoms with Gasteiger partial charge in [-0.25, -0.2) is 19.0 Å². The Morgan fingerprint density at radius 3 is 2.33 bits per heavy atom. The lowest BCUT2D eigenvalue weighted by Gasteiger charge is -2.20. The normalized spacial score (nSPS) is 12.2. The van der Waals surface area contributed by atoms with Gasteiger partial charge >= 0.3 is 18.1 Å². The molecule has 2 N–H and O–H groups in total. The number of hydrogen-bond acceptors (Lipinski definition) is 8. The number of carbonyl (C=O) groups is 2. The molecule has 8 nitrogen and oxygen atoms in total. The number of aromatic nitrogens is 1. The molecule has 0 bridgehead atoms. The van der Waals surface area contributed by atoms with Crippen molar-refractivity contribution in [3.8, 4) is 17.2 Å². The Labute approximate surface area is 183 Å². The van der Waals surface area contributed by atoms with Crippen LogP contribution >= 0.6 is 0 Å². The number of rotatable bonds is 6. The van der Waals surface area contributed by atoms with E-state index < -0.39 is 35.6 Å². The summed E-state index contributed by atoms with van der Waals surface area (Å²) in [7, 11) is 2.46. The van der Waals surface area contributed by atoms with Gasteiger partial charge in [0, 0.05) is 23.2 Å². The number of benzene rings is 2. The summed E-state index contributed by atoms with van der Waals surface area (Å²) in [5.74, 6) is -5.60. The van der Waals surface area contributed by atoms with Gasteiger partial charge in [0.25, 0.3) is 0 Å². The molecule has 0 saturated heterocycles. The van der Waals surface area contributed by atoms with E-state index in [4.69, 9.17) is 19.9 Å². The first-order valence-corrected chi connectivity index (χ1v) is 9.10. The second kappa shape index (κ2) is 9.18. The van der Waals surface area contributed by atoms with Crippen molar-refractivity contribution in [2.75, 3.05) is 20.0 Å². The number of nitrogens with zero attached hydrogens (tertiary/aromatic N) is 1. The third-order valence-electron chi connectivity index (χ3n) is 4.44. The number of fused-ring (bicyclic) bond motifs is 1. The van der Waals surface area contributed by atoms with Crippen LogP contribution in [0.5, 0.6) is 17.2 Å². The number of carbonyl (C=O) groups excluding carboxylic acids is 2. The van der Waals surface area contributed by atoms with Gasteiger partial charge in [-0.3, -0.25) is 0 Å². The summed E-state index contributed by atoms with van der Waals surface area (Å²) in [5.41, 5.74) is 5.22. The van der Waals surface area contributed by atoms with Crippen LogP contribution in [-0.2, 0) is 14.3 Å². The number of ether oxygens (including phenoxy) is 4. The molecule has 0 aliphatic rings. The highest BCUT2D eigenvalue weighted by atomic mass is 19.4. The van der Waals surface area contributed by atoms with Crippen molar-refractivity contribution < 1.29 is 46.1 Å². The third kappa shape index (κ3) is 5.05. The van der Waals surface area contributed by atoms with E-state index in [0.717, 1.165) is 12.1 Å². The maximum absolute atomic E-state index is 14.8. The Bertz CT molecular complexity index is 1220. The van der Waals surface area contributed by atoms with Crippen LogP contribution in [-0.4, -0.2) is 37.3 Å². The minimum Gasteiger partial charge on any atom is -0.493 e. The minimum atomic E-state index is -5.45. The maximum atomic E-state index is 14.8. The van der Waals surface area contributed by atoms with Crippen molar-refractivity contribution in [1.82, 2.24) is 4.98 Å². The number of alkyl halides is 3. The van der Waals surface area contributed by atoms with E-state index in [1.165, 1.54) is 38.6 Å². The molecular formula is C21H16F4N2O6. The summed E-state index contributed by atoms with van der Waals surface area (Å²) in [6.45, 7) is 0. The van der Waals surface area contributed by atoms with Crippen LogP contribution in [0.3, 0.4) is 0 Å². The molecule has 1 unspecified atom stereocenters. The van der Waals surface area contributed by atoms with Crippen LogP contribution in [0.25, 0.3) is 10.8 Å². The van der Waals surface area contributed by atoms with Crippen LogP contribution in [0.4, 0.5) is 23.4 Å². The predicted molar refractivity (Wildman–Crippen MR) is 106 cm³/mol. The number of pyridine rings is 1. The Balaban J connectivity index is 2.06. The number of anilines is 1. The second-order valence-electron chi connectivity index (χ2n) is 6.51. The standard InChI is InChI=1S/C21H16F4N2O6/c1-30-15-8-13(14(22)9-16(15)31-2)17(19(28)33-20(29)21(23,24)25)32-11-3-4-12-10(7-11)5-6-27-18(12)26/h3-9,17H,1-2H3,(H2,26,27). The molecule has 2 aromatic carbocycles. The molecule has 1 aromatic heterocycles. The van der Waals surface area contributed by atoms with Gasteiger partial charge in [-0.05, 0) is 35.7 Å². The van der Waals surface area contributed by atoms with Gasteiger partial charge in [-0.1, -0.05) is 0 Å². The van der Waals surface area contributed by atoms with Gasteiger partial charge in [0.2, 0.25) is 6.10 Å². The quantitative estimate of drug-likeness (QED) is 0.331. The van der Waals surface area contributed by atoms with E-state index in [1.807, 2.05) is 0 Å². The van der Waals surface area contributed by atoms with Crippen molar-refractivity contribution in [2.24, 2.45) is 0 Å². The molecule has 0 spiro atoms. The monoisotopic (exact) mass is 468 g/mol. The molecule has 33 heavy (non-hydrogen) atoms. The van der Waals surface area contributed by atoms with Gasteiger partial charge < -0.3 is 24.7 Å². The molecule has 0 radical (unpaired) electrons. The number of hydrogen-bond donors (Lipinski definition) is 1. The van der Waals surface area contributed by atoms with Crippen molar-refractivity contribution in [1.29, 1.82) is 0 Å². The van der Waals surface area contributed by atoms with Crippen LogP contribution in [0.15, 0.2) is 42.6 Å². The van der Waals surface area contributed by atoms with E-state index >= 15 is 0 Å². The maximum Gasteiger partial charge on any atom is 0.491 e. The number of halogens is 4. The van der Waals surface area contributed by atoms with E-state index in [2.05, 4.69) is 9.72 Å². The number of esters is 2. The Morgan fingerprint density at radius 1 is 1.03 bits per heavy atom. The number of nitrogens with two attached hydrogens (primary N) is 1. The van der Waals surface area contributed by atoms with Crippen LogP contribution < -0.4 is 19.9 Å². The van der Waals surface area contributed by atoms with E-state index in [9.17, 15) is 27.2 Å². The third-order valence-corrected chi connectivity index (χ3v) is 4.44. The van der Waals surface area contributed by atoms with Crippen LogP contribution in [0.2, 0.25) is 0 Å². The fraction of sp³-hybridized carbons (Fsp3) is 0.190. The van der Waals surface area contributed by atoms with E-state index in [1.54, 1.807) is 6.07 Å². The fourth-order valence-corrected chi connectivity index (χ4v) is 2.90. The highest BCUT2D eigenvalue weighted by Crippen LogP contribution is 2.36. The molecular weight excluding hydrogens is 452 g/mol. The average Bonchev–Trinajstić information content (AvgIpc) is 2.76. The Kier molecular flexibility index (Phi) is 6.56. The molecule has 174 valence electrons. The molecule has 0 aliphatic heterocycles. The van der Waals surface area contributed by atoms with Gasteiger partial charge in [0.05, 0.1) is 14.2 Å². The zero-order valence-corrected chi connectivity index (χ0v) is 17.1. The van der Waals surface area contributed by atoms with Gasteiger partial charge in [0.15, 0.2) is 11.5 Å². The predicted octanol–water partition coefficient (Wildman–Crippen LogP) is 3.73. The first kappa shape index (κ1) is 23.6. The van der Waals surface area contributed by atoms with Crippen molar-refractivity contribution in [2.45, 2.75) is 12.3 Å². The first-order chi connectivity index (χ1) is 15.5. The molecule has 0 aliphatic carbocycles. The average molecular weight is 468 g/mol. The minimum absolute atomic E-state index is 0.0465. The molecule has 0 fully saturated rings. The number of methoxy groups -OCH3 is 2. The molecule has 1 atom stereocenters. The van der Waals surface area contributed by atoms with Gasteiger partial charge in [0.1, 0.15) is 17.4 Å². The van der Waals surface area contributed by atoms with Crippen molar-refractivity contribution in [3.05, 3.63) is 54.0 Å². The zero-order valence-electron chi connectivity index (χ0n) is 17.1. The molecule has 3 aromatic rings. The van der Waals surface area contributed by atoms with E-state index in [-0.39, 0.29) is 23.1 Å².